The smallest absolute Gasteiger partial charge is 0.0917 e. The minimum absolute atomic E-state index is 0. The Morgan fingerprint density at radius 1 is 0.846 bits per heavy atom. The second-order valence-corrected chi connectivity index (χ2v) is 5.17. The molecule has 13 heavy (non-hydrogen) atoms. The zero-order valence-electron chi connectivity index (χ0n) is 9.47. The summed E-state index contributed by atoms with van der Waals surface area (Å²) >= 11 is 0. The molecule has 1 aliphatic rings. The molecule has 0 aliphatic carbocycles. The third-order valence-electron chi connectivity index (χ3n) is 2.76. The molecule has 0 saturated carbocycles. The molecule has 0 bridgehead atoms. The first-order valence-electron chi connectivity index (χ1n) is 4.50. The fourth-order valence-electron chi connectivity index (χ4n) is 1.37. The SMILES string of the molecule is CC1(C)COC(C)(C)C(C)(C)O1.[Bi]. The van der Waals surface area contributed by atoms with Crippen LogP contribution in [0, 0.1) is 0 Å². The molecule has 0 N–H and O–H groups in total. The molecule has 1 heterocycles. The molecule has 1 rings (SSSR count). The van der Waals surface area contributed by atoms with E-state index in [0.717, 1.165) is 0 Å². The van der Waals surface area contributed by atoms with E-state index < -0.39 is 0 Å². The summed E-state index contributed by atoms with van der Waals surface area (Å²) in [6, 6.07) is 0. The summed E-state index contributed by atoms with van der Waals surface area (Å²) < 4.78 is 11.7. The average molecular weight is 381 g/mol. The van der Waals surface area contributed by atoms with E-state index in [9.17, 15) is 0 Å². The van der Waals surface area contributed by atoms with Crippen LogP contribution in [0.1, 0.15) is 41.5 Å². The molecule has 2 nitrogen and oxygen atoms in total. The summed E-state index contributed by atoms with van der Waals surface area (Å²) in [6.45, 7) is 13.1. The van der Waals surface area contributed by atoms with Crippen LogP contribution in [0.2, 0.25) is 0 Å². The third-order valence-corrected chi connectivity index (χ3v) is 2.76. The van der Waals surface area contributed by atoms with E-state index in [1.54, 1.807) is 0 Å². The maximum atomic E-state index is 5.95. The molecule has 3 heteroatoms. The van der Waals surface area contributed by atoms with Crippen molar-refractivity contribution >= 4 is 26.2 Å². The first-order chi connectivity index (χ1) is 5.16. The maximum Gasteiger partial charge on any atom is 0.0917 e. The van der Waals surface area contributed by atoms with Gasteiger partial charge in [0, 0.05) is 26.2 Å². The van der Waals surface area contributed by atoms with Crippen LogP contribution < -0.4 is 0 Å². The predicted molar refractivity (Wildman–Crippen MR) is 55.0 cm³/mol. The Morgan fingerprint density at radius 3 is 1.62 bits per heavy atom. The van der Waals surface area contributed by atoms with Gasteiger partial charge in [0.2, 0.25) is 0 Å². The molecule has 0 aromatic carbocycles. The molecule has 1 aliphatic heterocycles. The van der Waals surface area contributed by atoms with E-state index in [4.69, 9.17) is 9.47 Å². The molecule has 0 unspecified atom stereocenters. The van der Waals surface area contributed by atoms with E-state index in [1.807, 2.05) is 0 Å². The molecule has 0 atom stereocenters. The Balaban J connectivity index is 0.00000144. The monoisotopic (exact) mass is 381 g/mol. The van der Waals surface area contributed by atoms with Crippen LogP contribution >= 0.6 is 0 Å². The fraction of sp³-hybridized carbons (Fsp3) is 1.00. The van der Waals surface area contributed by atoms with Gasteiger partial charge in [0.15, 0.2) is 0 Å². The van der Waals surface area contributed by atoms with Crippen molar-refractivity contribution in [2.75, 3.05) is 6.61 Å². The Kier molecular flexibility index (Phi) is 3.98. The number of ether oxygens (including phenoxy) is 2. The first kappa shape index (κ1) is 13.8. The number of rotatable bonds is 0. The van der Waals surface area contributed by atoms with Gasteiger partial charge in [-0.2, -0.15) is 0 Å². The Hall–Kier alpha value is 0.803. The molecular weight excluding hydrogens is 361 g/mol. The van der Waals surface area contributed by atoms with Crippen LogP contribution in [0.4, 0.5) is 0 Å². The average Bonchev–Trinajstić information content (AvgIpc) is 1.79. The summed E-state index contributed by atoms with van der Waals surface area (Å²) in [5.41, 5.74) is -0.559. The largest absolute Gasteiger partial charge is 0.370 e. The van der Waals surface area contributed by atoms with Crippen LogP contribution in [0.5, 0.6) is 0 Å². The third kappa shape index (κ3) is 2.87. The topological polar surface area (TPSA) is 18.5 Å². The van der Waals surface area contributed by atoms with Gasteiger partial charge in [0.25, 0.3) is 0 Å². The normalized spacial score (nSPS) is 29.1. The summed E-state index contributed by atoms with van der Waals surface area (Å²) in [5.74, 6) is 0. The van der Waals surface area contributed by atoms with Crippen LogP contribution in [0.25, 0.3) is 0 Å². The maximum absolute atomic E-state index is 5.95. The van der Waals surface area contributed by atoms with Crippen molar-refractivity contribution in [3.63, 3.8) is 0 Å². The van der Waals surface area contributed by atoms with E-state index >= 15 is 0 Å². The quantitative estimate of drug-likeness (QED) is 0.598. The van der Waals surface area contributed by atoms with E-state index in [1.165, 1.54) is 0 Å². The summed E-state index contributed by atoms with van der Waals surface area (Å²) in [7, 11) is 0. The standard InChI is InChI=1S/C10H20O2.Bi/c1-8(2)7-11-9(3,4)10(5,6)12-8;/h7H2,1-6H3;. The zero-order valence-corrected chi connectivity index (χ0v) is 12.9. The molecule has 0 aromatic heterocycles. The molecule has 0 amide bonds. The van der Waals surface area contributed by atoms with Gasteiger partial charge in [-0.15, -0.1) is 0 Å². The van der Waals surface area contributed by atoms with E-state index in [2.05, 4.69) is 41.5 Å². The number of hydrogen-bond donors (Lipinski definition) is 0. The molecular formula is C10H20BiO2. The Labute approximate surface area is 100 Å². The van der Waals surface area contributed by atoms with Crippen LogP contribution in [0.3, 0.4) is 0 Å². The summed E-state index contributed by atoms with van der Waals surface area (Å²) in [5, 5.41) is 0. The summed E-state index contributed by atoms with van der Waals surface area (Å²) in [6.07, 6.45) is 0. The van der Waals surface area contributed by atoms with Crippen molar-refractivity contribution in [1.82, 2.24) is 0 Å². The second kappa shape index (κ2) is 3.75. The van der Waals surface area contributed by atoms with Crippen LogP contribution in [-0.2, 0) is 9.47 Å². The van der Waals surface area contributed by atoms with Crippen molar-refractivity contribution in [2.45, 2.75) is 58.3 Å². The van der Waals surface area contributed by atoms with Crippen molar-refractivity contribution in [3.05, 3.63) is 0 Å². The van der Waals surface area contributed by atoms with Gasteiger partial charge in [-0.1, -0.05) is 0 Å². The zero-order chi connectivity index (χ0) is 9.62. The second-order valence-electron chi connectivity index (χ2n) is 5.17. The van der Waals surface area contributed by atoms with Gasteiger partial charge in [0.1, 0.15) is 0 Å². The van der Waals surface area contributed by atoms with E-state index in [0.29, 0.717) is 6.61 Å². The van der Waals surface area contributed by atoms with Crippen molar-refractivity contribution in [2.24, 2.45) is 0 Å². The molecule has 1 saturated heterocycles. The van der Waals surface area contributed by atoms with Gasteiger partial charge in [-0.3, -0.25) is 0 Å². The van der Waals surface area contributed by atoms with Crippen LogP contribution in [0.15, 0.2) is 0 Å². The van der Waals surface area contributed by atoms with Crippen molar-refractivity contribution < 1.29 is 9.47 Å². The fourth-order valence-corrected chi connectivity index (χ4v) is 1.37. The van der Waals surface area contributed by atoms with Gasteiger partial charge in [-0.05, 0) is 41.5 Å². The minimum Gasteiger partial charge on any atom is -0.370 e. The molecule has 1 fully saturated rings. The van der Waals surface area contributed by atoms with Gasteiger partial charge in [-0.25, -0.2) is 0 Å². The van der Waals surface area contributed by atoms with Crippen molar-refractivity contribution in [1.29, 1.82) is 0 Å². The number of hydrogen-bond acceptors (Lipinski definition) is 2. The Morgan fingerprint density at radius 2 is 1.31 bits per heavy atom. The van der Waals surface area contributed by atoms with E-state index in [-0.39, 0.29) is 43.0 Å². The molecule has 3 radical (unpaired) electrons. The van der Waals surface area contributed by atoms with Crippen molar-refractivity contribution in [3.8, 4) is 0 Å². The molecule has 77 valence electrons. The van der Waals surface area contributed by atoms with Gasteiger partial charge < -0.3 is 9.47 Å². The Bertz CT molecular complexity index is 185. The first-order valence-corrected chi connectivity index (χ1v) is 4.50. The van der Waals surface area contributed by atoms with Crippen LogP contribution in [-0.4, -0.2) is 49.6 Å². The summed E-state index contributed by atoms with van der Waals surface area (Å²) in [4.78, 5) is 0. The van der Waals surface area contributed by atoms with Gasteiger partial charge >= 0.3 is 0 Å². The van der Waals surface area contributed by atoms with Gasteiger partial charge in [0.05, 0.1) is 23.4 Å². The molecule has 0 aromatic rings. The predicted octanol–water partition coefficient (Wildman–Crippen LogP) is 1.99. The minimum atomic E-state index is -0.214. The molecule has 0 spiro atoms.